The van der Waals surface area contributed by atoms with Crippen LogP contribution >= 0.6 is 0 Å². The molecule has 4 rings (SSSR count). The first-order valence-electron chi connectivity index (χ1n) is 8.74. The summed E-state index contributed by atoms with van der Waals surface area (Å²) in [6.45, 7) is 1.78. The van der Waals surface area contributed by atoms with Crippen LogP contribution in [-0.4, -0.2) is 20.8 Å². The third-order valence-corrected chi connectivity index (χ3v) is 4.34. The molecule has 0 radical (unpaired) electrons. The van der Waals surface area contributed by atoms with Crippen molar-refractivity contribution in [3.8, 4) is 17.1 Å². The number of aromatic hydroxyl groups is 1. The third-order valence-electron chi connectivity index (χ3n) is 4.34. The van der Waals surface area contributed by atoms with Crippen LogP contribution < -0.4 is 5.43 Å². The molecule has 0 aliphatic carbocycles. The Morgan fingerprint density at radius 1 is 0.929 bits per heavy atom. The largest absolute Gasteiger partial charge is 0.507 e. The van der Waals surface area contributed by atoms with E-state index in [0.29, 0.717) is 28.2 Å². The first-order chi connectivity index (χ1) is 13.6. The van der Waals surface area contributed by atoms with Gasteiger partial charge in [-0.3, -0.25) is 5.43 Å². The highest BCUT2D eigenvalue weighted by atomic mass is 19.1. The maximum absolute atomic E-state index is 14.2. The summed E-state index contributed by atoms with van der Waals surface area (Å²) in [5, 5.41) is 15.1. The van der Waals surface area contributed by atoms with E-state index in [9.17, 15) is 9.50 Å². The van der Waals surface area contributed by atoms with Gasteiger partial charge in [-0.05, 0) is 43.3 Å². The first-order valence-corrected chi connectivity index (χ1v) is 8.74. The molecule has 0 saturated carbocycles. The van der Waals surface area contributed by atoms with Gasteiger partial charge in [0.05, 0.1) is 16.8 Å². The number of hydrogen-bond acceptors (Lipinski definition) is 5. The average Bonchev–Trinajstić information content (AvgIpc) is 2.72. The average molecular weight is 372 g/mol. The van der Waals surface area contributed by atoms with Crippen LogP contribution in [0.3, 0.4) is 0 Å². The molecule has 0 bridgehead atoms. The molecule has 138 valence electrons. The van der Waals surface area contributed by atoms with E-state index >= 15 is 0 Å². The number of aromatic nitrogens is 2. The molecule has 0 saturated heterocycles. The second-order valence-electron chi connectivity index (χ2n) is 6.22. The molecular formula is C22H17FN4O. The van der Waals surface area contributed by atoms with E-state index in [1.165, 1.54) is 6.07 Å². The summed E-state index contributed by atoms with van der Waals surface area (Å²) in [5.41, 5.74) is 5.14. The Kier molecular flexibility index (Phi) is 4.68. The van der Waals surface area contributed by atoms with Crippen molar-refractivity contribution >= 4 is 22.4 Å². The minimum absolute atomic E-state index is 0.144. The second kappa shape index (κ2) is 7.44. The minimum atomic E-state index is -0.391. The lowest BCUT2D eigenvalue weighted by Crippen LogP contribution is -2.03. The van der Waals surface area contributed by atoms with Crippen LogP contribution in [0.15, 0.2) is 77.9 Å². The SMILES string of the molecule is CC(=NNc1nc(-c2ccccc2F)nc2ccccc12)c1ccccc1O. The number of phenolic OH excluding ortho intramolecular Hbond substituents is 1. The quantitative estimate of drug-likeness (QED) is 0.392. The lowest BCUT2D eigenvalue weighted by molar-refractivity contribution is 0.474. The van der Waals surface area contributed by atoms with Gasteiger partial charge < -0.3 is 5.11 Å². The molecule has 0 amide bonds. The summed E-state index contributed by atoms with van der Waals surface area (Å²) < 4.78 is 14.2. The van der Waals surface area contributed by atoms with Crippen LogP contribution in [0.1, 0.15) is 12.5 Å². The van der Waals surface area contributed by atoms with E-state index in [-0.39, 0.29) is 11.6 Å². The first kappa shape index (κ1) is 17.6. The van der Waals surface area contributed by atoms with Gasteiger partial charge >= 0.3 is 0 Å². The highest BCUT2D eigenvalue weighted by Gasteiger charge is 2.12. The summed E-state index contributed by atoms with van der Waals surface area (Å²) in [6.07, 6.45) is 0. The number of fused-ring (bicyclic) bond motifs is 1. The van der Waals surface area contributed by atoms with E-state index in [0.717, 1.165) is 5.39 Å². The molecule has 6 heteroatoms. The summed E-state index contributed by atoms with van der Waals surface area (Å²) >= 11 is 0. The minimum Gasteiger partial charge on any atom is -0.507 e. The van der Waals surface area contributed by atoms with Crippen molar-refractivity contribution in [1.29, 1.82) is 0 Å². The molecule has 28 heavy (non-hydrogen) atoms. The normalized spacial score (nSPS) is 11.6. The van der Waals surface area contributed by atoms with Gasteiger partial charge in [0, 0.05) is 10.9 Å². The van der Waals surface area contributed by atoms with Crippen molar-refractivity contribution in [3.63, 3.8) is 0 Å². The van der Waals surface area contributed by atoms with Crippen LogP contribution in [0, 0.1) is 5.82 Å². The van der Waals surface area contributed by atoms with Gasteiger partial charge in [0.1, 0.15) is 11.6 Å². The fraction of sp³-hybridized carbons (Fsp3) is 0.0455. The zero-order valence-corrected chi connectivity index (χ0v) is 15.1. The molecule has 0 fully saturated rings. The van der Waals surface area contributed by atoms with Crippen LogP contribution in [0.25, 0.3) is 22.3 Å². The molecular weight excluding hydrogens is 355 g/mol. The molecule has 2 N–H and O–H groups in total. The number of phenols is 1. The number of nitrogens with zero attached hydrogens (tertiary/aromatic N) is 3. The standard InChI is InChI=1S/C22H17FN4O/c1-14(15-8-4-7-13-20(15)28)26-27-22-17-10-3-6-12-19(17)24-21(25-22)16-9-2-5-11-18(16)23/h2-13,28H,1H3,(H,24,25,27). The Labute approximate surface area is 161 Å². The molecule has 5 nitrogen and oxygen atoms in total. The zero-order valence-electron chi connectivity index (χ0n) is 15.1. The summed E-state index contributed by atoms with van der Waals surface area (Å²) in [6, 6.07) is 20.8. The molecule has 0 spiro atoms. The fourth-order valence-corrected chi connectivity index (χ4v) is 2.90. The van der Waals surface area contributed by atoms with Crippen LogP contribution in [0.4, 0.5) is 10.2 Å². The Morgan fingerprint density at radius 2 is 1.64 bits per heavy atom. The molecule has 0 aliphatic rings. The van der Waals surface area contributed by atoms with Gasteiger partial charge in [-0.15, -0.1) is 0 Å². The van der Waals surface area contributed by atoms with Crippen molar-refractivity contribution in [2.24, 2.45) is 5.10 Å². The number of hydrazone groups is 1. The van der Waals surface area contributed by atoms with Crippen LogP contribution in [0.2, 0.25) is 0 Å². The van der Waals surface area contributed by atoms with Crippen molar-refractivity contribution in [2.75, 3.05) is 5.43 Å². The van der Waals surface area contributed by atoms with Crippen molar-refractivity contribution in [1.82, 2.24) is 9.97 Å². The smallest absolute Gasteiger partial charge is 0.165 e. The summed E-state index contributed by atoms with van der Waals surface area (Å²) in [4.78, 5) is 8.97. The Balaban J connectivity index is 1.79. The fourth-order valence-electron chi connectivity index (χ4n) is 2.90. The van der Waals surface area contributed by atoms with Crippen molar-refractivity contribution < 1.29 is 9.50 Å². The topological polar surface area (TPSA) is 70.4 Å². The van der Waals surface area contributed by atoms with Gasteiger partial charge in [0.25, 0.3) is 0 Å². The Morgan fingerprint density at radius 3 is 2.46 bits per heavy atom. The number of nitrogens with one attached hydrogen (secondary N) is 1. The highest BCUT2D eigenvalue weighted by Crippen LogP contribution is 2.26. The van der Waals surface area contributed by atoms with Gasteiger partial charge in [-0.1, -0.05) is 36.4 Å². The van der Waals surface area contributed by atoms with E-state index in [2.05, 4.69) is 20.5 Å². The van der Waals surface area contributed by atoms with Crippen LogP contribution in [0.5, 0.6) is 5.75 Å². The molecule has 3 aromatic carbocycles. The predicted molar refractivity (Wildman–Crippen MR) is 109 cm³/mol. The lowest BCUT2D eigenvalue weighted by Gasteiger charge is -2.10. The number of para-hydroxylation sites is 2. The second-order valence-corrected chi connectivity index (χ2v) is 6.22. The Hall–Kier alpha value is -3.80. The predicted octanol–water partition coefficient (Wildman–Crippen LogP) is 4.98. The molecule has 0 atom stereocenters. The number of benzene rings is 3. The third kappa shape index (κ3) is 3.40. The summed E-state index contributed by atoms with van der Waals surface area (Å²) in [5.74, 6) is 0.482. The summed E-state index contributed by atoms with van der Waals surface area (Å²) in [7, 11) is 0. The number of halogens is 1. The lowest BCUT2D eigenvalue weighted by atomic mass is 10.1. The molecule has 1 heterocycles. The molecule has 0 unspecified atom stereocenters. The maximum Gasteiger partial charge on any atom is 0.165 e. The highest BCUT2D eigenvalue weighted by molar-refractivity contribution is 6.01. The molecule has 1 aromatic heterocycles. The van der Waals surface area contributed by atoms with Gasteiger partial charge in [-0.2, -0.15) is 5.10 Å². The zero-order chi connectivity index (χ0) is 19.5. The molecule has 4 aromatic rings. The Bertz CT molecular complexity index is 1190. The van der Waals surface area contributed by atoms with Crippen molar-refractivity contribution in [2.45, 2.75) is 6.92 Å². The van der Waals surface area contributed by atoms with Gasteiger partial charge in [0.2, 0.25) is 0 Å². The number of anilines is 1. The van der Waals surface area contributed by atoms with E-state index < -0.39 is 5.82 Å². The van der Waals surface area contributed by atoms with Gasteiger partial charge in [-0.25, -0.2) is 14.4 Å². The van der Waals surface area contributed by atoms with E-state index in [1.807, 2.05) is 30.3 Å². The maximum atomic E-state index is 14.2. The number of hydrogen-bond donors (Lipinski definition) is 2. The molecule has 0 aliphatic heterocycles. The van der Waals surface area contributed by atoms with Crippen LogP contribution in [-0.2, 0) is 0 Å². The van der Waals surface area contributed by atoms with Crippen molar-refractivity contribution in [3.05, 3.63) is 84.2 Å². The number of rotatable bonds is 4. The van der Waals surface area contributed by atoms with Gasteiger partial charge in [0.15, 0.2) is 11.6 Å². The van der Waals surface area contributed by atoms with E-state index in [4.69, 9.17) is 0 Å². The van der Waals surface area contributed by atoms with E-state index in [1.54, 1.807) is 43.3 Å². The monoisotopic (exact) mass is 372 g/mol.